The van der Waals surface area contributed by atoms with E-state index in [1.54, 1.807) is 0 Å². The Morgan fingerprint density at radius 1 is 1.26 bits per heavy atom. The smallest absolute Gasteiger partial charge is 0.304 e. The topological polar surface area (TPSA) is 52.6 Å². The second kappa shape index (κ2) is 7.26. The minimum Gasteiger partial charge on any atom is -0.481 e. The Morgan fingerprint density at radius 2 is 1.95 bits per heavy atom. The molecule has 1 fully saturated rings. The Bertz CT molecular complexity index is 388. The third-order valence-electron chi connectivity index (χ3n) is 3.57. The SMILES string of the molecule is O=C(O)CCNC(CN1CCCC1)c1ccccc1. The first-order valence-electron chi connectivity index (χ1n) is 6.98. The van der Waals surface area contributed by atoms with Crippen LogP contribution in [-0.4, -0.2) is 42.2 Å². The molecule has 0 radical (unpaired) electrons. The zero-order chi connectivity index (χ0) is 13.5. The van der Waals surface area contributed by atoms with Crippen LogP contribution in [0.4, 0.5) is 0 Å². The van der Waals surface area contributed by atoms with Gasteiger partial charge in [-0.15, -0.1) is 0 Å². The normalized spacial score (nSPS) is 17.5. The van der Waals surface area contributed by atoms with E-state index in [2.05, 4.69) is 22.3 Å². The highest BCUT2D eigenvalue weighted by Gasteiger charge is 2.18. The van der Waals surface area contributed by atoms with Crippen LogP contribution in [0.1, 0.15) is 30.9 Å². The molecule has 19 heavy (non-hydrogen) atoms. The van der Waals surface area contributed by atoms with Crippen LogP contribution in [0.3, 0.4) is 0 Å². The molecule has 0 saturated carbocycles. The van der Waals surface area contributed by atoms with Crippen molar-refractivity contribution in [3.8, 4) is 0 Å². The van der Waals surface area contributed by atoms with Crippen molar-refractivity contribution in [3.05, 3.63) is 35.9 Å². The highest BCUT2D eigenvalue weighted by Crippen LogP contribution is 2.17. The number of benzene rings is 1. The predicted octanol–water partition coefficient (Wildman–Crippen LogP) is 1.89. The average Bonchev–Trinajstić information content (AvgIpc) is 2.91. The lowest BCUT2D eigenvalue weighted by atomic mass is 10.1. The molecule has 0 aliphatic carbocycles. The molecular formula is C15H22N2O2. The van der Waals surface area contributed by atoms with Gasteiger partial charge in [-0.1, -0.05) is 30.3 Å². The summed E-state index contributed by atoms with van der Waals surface area (Å²) in [5.74, 6) is -0.750. The first-order chi connectivity index (χ1) is 9.25. The van der Waals surface area contributed by atoms with Crippen LogP contribution in [0.15, 0.2) is 30.3 Å². The first-order valence-corrected chi connectivity index (χ1v) is 6.98. The van der Waals surface area contributed by atoms with Crippen molar-refractivity contribution in [2.45, 2.75) is 25.3 Å². The molecule has 104 valence electrons. The predicted molar refractivity (Wildman–Crippen MR) is 75.1 cm³/mol. The summed E-state index contributed by atoms with van der Waals surface area (Å²) >= 11 is 0. The maximum absolute atomic E-state index is 10.6. The van der Waals surface area contributed by atoms with E-state index in [0.717, 1.165) is 19.6 Å². The highest BCUT2D eigenvalue weighted by molar-refractivity contribution is 5.66. The van der Waals surface area contributed by atoms with Crippen molar-refractivity contribution >= 4 is 5.97 Å². The molecule has 2 N–H and O–H groups in total. The molecule has 1 atom stereocenters. The minimum absolute atomic E-state index is 0.170. The van der Waals surface area contributed by atoms with Gasteiger partial charge in [0.2, 0.25) is 0 Å². The van der Waals surface area contributed by atoms with Gasteiger partial charge in [0.15, 0.2) is 0 Å². The van der Waals surface area contributed by atoms with Gasteiger partial charge in [0, 0.05) is 19.1 Å². The molecule has 1 unspecified atom stereocenters. The summed E-state index contributed by atoms with van der Waals surface area (Å²) in [5, 5.41) is 12.1. The largest absolute Gasteiger partial charge is 0.481 e. The van der Waals surface area contributed by atoms with Gasteiger partial charge in [-0.05, 0) is 31.5 Å². The molecule has 1 aromatic carbocycles. The lowest BCUT2D eigenvalue weighted by Gasteiger charge is -2.24. The molecule has 4 heteroatoms. The van der Waals surface area contributed by atoms with E-state index in [1.165, 1.54) is 18.4 Å². The van der Waals surface area contributed by atoms with Gasteiger partial charge in [-0.3, -0.25) is 4.79 Å². The van der Waals surface area contributed by atoms with Crippen LogP contribution in [0.25, 0.3) is 0 Å². The van der Waals surface area contributed by atoms with Gasteiger partial charge in [-0.25, -0.2) is 0 Å². The minimum atomic E-state index is -0.750. The zero-order valence-corrected chi connectivity index (χ0v) is 11.2. The molecule has 2 rings (SSSR count). The van der Waals surface area contributed by atoms with Crippen molar-refractivity contribution in [2.75, 3.05) is 26.2 Å². The standard InChI is InChI=1S/C15H22N2O2/c18-15(19)8-9-16-14(12-17-10-4-5-11-17)13-6-2-1-3-7-13/h1-3,6-7,14,16H,4-5,8-12H2,(H,18,19). The number of rotatable bonds is 7. The highest BCUT2D eigenvalue weighted by atomic mass is 16.4. The van der Waals surface area contributed by atoms with Gasteiger partial charge >= 0.3 is 5.97 Å². The maximum Gasteiger partial charge on any atom is 0.304 e. The fraction of sp³-hybridized carbons (Fsp3) is 0.533. The number of carbonyl (C=O) groups is 1. The van der Waals surface area contributed by atoms with Crippen molar-refractivity contribution in [3.63, 3.8) is 0 Å². The quantitative estimate of drug-likeness (QED) is 0.788. The summed E-state index contributed by atoms with van der Waals surface area (Å²) in [6.45, 7) is 3.79. The number of carboxylic acid groups (broad SMARTS) is 1. The number of hydrogen-bond acceptors (Lipinski definition) is 3. The number of carboxylic acids is 1. The van der Waals surface area contributed by atoms with Crippen molar-refractivity contribution in [1.29, 1.82) is 0 Å². The van der Waals surface area contributed by atoms with Gasteiger partial charge in [0.1, 0.15) is 0 Å². The molecule has 0 spiro atoms. The summed E-state index contributed by atoms with van der Waals surface area (Å²) in [4.78, 5) is 13.1. The number of nitrogens with zero attached hydrogens (tertiary/aromatic N) is 1. The maximum atomic E-state index is 10.6. The van der Waals surface area contributed by atoms with E-state index in [1.807, 2.05) is 18.2 Å². The summed E-state index contributed by atoms with van der Waals surface area (Å²) in [7, 11) is 0. The molecule has 0 bridgehead atoms. The van der Waals surface area contributed by atoms with Gasteiger partial charge in [0.05, 0.1) is 6.42 Å². The third-order valence-corrected chi connectivity index (χ3v) is 3.57. The fourth-order valence-corrected chi connectivity index (χ4v) is 2.55. The van der Waals surface area contributed by atoms with Crippen LogP contribution in [0, 0.1) is 0 Å². The molecule has 1 aliphatic rings. The van der Waals surface area contributed by atoms with E-state index in [9.17, 15) is 4.79 Å². The monoisotopic (exact) mass is 262 g/mol. The Hall–Kier alpha value is -1.39. The fourth-order valence-electron chi connectivity index (χ4n) is 2.55. The summed E-state index contributed by atoms with van der Waals surface area (Å²) in [6, 6.07) is 10.5. The molecule has 1 heterocycles. The first kappa shape index (κ1) is 14.0. The lowest BCUT2D eigenvalue weighted by Crippen LogP contribution is -2.34. The van der Waals surface area contributed by atoms with E-state index >= 15 is 0 Å². The van der Waals surface area contributed by atoms with Gasteiger partial charge in [0.25, 0.3) is 0 Å². The lowest BCUT2D eigenvalue weighted by molar-refractivity contribution is -0.136. The Morgan fingerprint density at radius 3 is 2.58 bits per heavy atom. The van der Waals surface area contributed by atoms with Crippen molar-refractivity contribution in [2.24, 2.45) is 0 Å². The Labute approximate surface area is 114 Å². The molecular weight excluding hydrogens is 240 g/mol. The van der Waals surface area contributed by atoms with Crippen molar-refractivity contribution < 1.29 is 9.90 Å². The average molecular weight is 262 g/mol. The second-order valence-electron chi connectivity index (χ2n) is 5.07. The molecule has 0 amide bonds. The number of nitrogens with one attached hydrogen (secondary N) is 1. The summed E-state index contributed by atoms with van der Waals surface area (Å²) < 4.78 is 0. The molecule has 0 aromatic heterocycles. The van der Waals surface area contributed by atoms with E-state index in [-0.39, 0.29) is 12.5 Å². The number of hydrogen-bond donors (Lipinski definition) is 2. The van der Waals surface area contributed by atoms with E-state index in [0.29, 0.717) is 6.54 Å². The zero-order valence-electron chi connectivity index (χ0n) is 11.2. The van der Waals surface area contributed by atoms with Gasteiger partial charge < -0.3 is 15.3 Å². The van der Waals surface area contributed by atoms with Gasteiger partial charge in [-0.2, -0.15) is 0 Å². The van der Waals surface area contributed by atoms with Crippen LogP contribution in [-0.2, 0) is 4.79 Å². The number of aliphatic carboxylic acids is 1. The molecule has 4 nitrogen and oxygen atoms in total. The van der Waals surface area contributed by atoms with Crippen molar-refractivity contribution in [1.82, 2.24) is 10.2 Å². The van der Waals surface area contributed by atoms with E-state index in [4.69, 9.17) is 5.11 Å². The third kappa shape index (κ3) is 4.65. The van der Waals surface area contributed by atoms with Crippen LogP contribution in [0.5, 0.6) is 0 Å². The van der Waals surface area contributed by atoms with Crippen LogP contribution < -0.4 is 5.32 Å². The summed E-state index contributed by atoms with van der Waals surface area (Å²) in [5.41, 5.74) is 1.24. The number of likely N-dealkylation sites (tertiary alicyclic amines) is 1. The van der Waals surface area contributed by atoms with Crippen LogP contribution >= 0.6 is 0 Å². The summed E-state index contributed by atoms with van der Waals surface area (Å²) in [6.07, 6.45) is 2.72. The second-order valence-corrected chi connectivity index (χ2v) is 5.07. The molecule has 1 aliphatic heterocycles. The van der Waals surface area contributed by atoms with Crippen LogP contribution in [0.2, 0.25) is 0 Å². The Balaban J connectivity index is 1.93. The Kier molecular flexibility index (Phi) is 5.36. The molecule has 1 saturated heterocycles. The molecule has 1 aromatic rings. The van der Waals surface area contributed by atoms with E-state index < -0.39 is 5.97 Å².